The monoisotopic (exact) mass is 454 g/mol. The Balaban J connectivity index is 1.59. The minimum Gasteiger partial charge on any atom is -0.370 e. The molecule has 0 spiro atoms. The molecule has 5 nitrogen and oxygen atoms in total. The van der Waals surface area contributed by atoms with Crippen molar-refractivity contribution in [1.82, 2.24) is 4.90 Å². The smallest absolute Gasteiger partial charge is 0.253 e. The number of ether oxygens (including phenoxy) is 1. The molecule has 2 unspecified atom stereocenters. The lowest BCUT2D eigenvalue weighted by molar-refractivity contribution is -0.143. The molecule has 1 aromatic carbocycles. The number of ketones is 1. The predicted molar refractivity (Wildman–Crippen MR) is 130 cm³/mol. The SMILES string of the molecule is C=C\C=C/C=N\C(=C\Cl)c1ccc(C(=O)N2CCCCC(CC(=O)C3CCO3)CC2)cc1. The Kier molecular flexibility index (Phi) is 9.44. The van der Waals surface area contributed by atoms with Gasteiger partial charge in [-0.2, -0.15) is 0 Å². The second kappa shape index (κ2) is 12.5. The van der Waals surface area contributed by atoms with Gasteiger partial charge in [-0.3, -0.25) is 14.6 Å². The van der Waals surface area contributed by atoms with Gasteiger partial charge < -0.3 is 9.64 Å². The zero-order valence-corrected chi connectivity index (χ0v) is 19.2. The molecule has 0 aliphatic carbocycles. The fourth-order valence-electron chi connectivity index (χ4n) is 4.03. The van der Waals surface area contributed by atoms with Crippen LogP contribution in [-0.2, 0) is 9.53 Å². The zero-order valence-electron chi connectivity index (χ0n) is 18.4. The number of allylic oxidation sites excluding steroid dienone is 3. The lowest BCUT2D eigenvalue weighted by atomic mass is 9.89. The van der Waals surface area contributed by atoms with Crippen molar-refractivity contribution in [3.63, 3.8) is 0 Å². The summed E-state index contributed by atoms with van der Waals surface area (Å²) in [5.74, 6) is 0.579. The van der Waals surface area contributed by atoms with Crippen LogP contribution in [0.2, 0.25) is 0 Å². The van der Waals surface area contributed by atoms with Gasteiger partial charge in [-0.25, -0.2) is 0 Å². The third-order valence-electron chi connectivity index (χ3n) is 6.01. The molecule has 6 heteroatoms. The topological polar surface area (TPSA) is 59.0 Å². The Hall–Kier alpha value is -2.50. The fourth-order valence-corrected chi connectivity index (χ4v) is 4.21. The summed E-state index contributed by atoms with van der Waals surface area (Å²) in [6, 6.07) is 7.36. The van der Waals surface area contributed by atoms with Gasteiger partial charge >= 0.3 is 0 Å². The fraction of sp³-hybridized carbons (Fsp3) is 0.423. The van der Waals surface area contributed by atoms with E-state index in [9.17, 15) is 9.59 Å². The van der Waals surface area contributed by atoms with Gasteiger partial charge in [0, 0.05) is 48.8 Å². The Morgan fingerprint density at radius 1 is 1.09 bits per heavy atom. The molecule has 0 bridgehead atoms. The zero-order chi connectivity index (χ0) is 22.8. The van der Waals surface area contributed by atoms with Gasteiger partial charge in [0.25, 0.3) is 5.91 Å². The summed E-state index contributed by atoms with van der Waals surface area (Å²) < 4.78 is 5.33. The normalized spacial score (nSPS) is 22.4. The van der Waals surface area contributed by atoms with Gasteiger partial charge in [0.15, 0.2) is 5.78 Å². The van der Waals surface area contributed by atoms with Crippen LogP contribution in [0.1, 0.15) is 54.4 Å². The molecule has 0 saturated carbocycles. The van der Waals surface area contributed by atoms with Crippen LogP contribution < -0.4 is 0 Å². The molecule has 2 aliphatic heterocycles. The number of rotatable bonds is 8. The molecule has 2 heterocycles. The Labute approximate surface area is 195 Å². The average Bonchev–Trinajstić information content (AvgIpc) is 2.74. The standard InChI is InChI=1S/C26H31ClN2O3/c1-2-3-5-14-28-23(19-27)21-8-10-22(11-9-21)26(31)29-15-6-4-7-20(12-16-29)18-24(30)25-13-17-32-25/h2-3,5,8-11,14,19-20,25H,1,4,6-7,12-13,15-18H2/b5-3-,23-19+,28-14-. The lowest BCUT2D eigenvalue weighted by Gasteiger charge is -2.30. The van der Waals surface area contributed by atoms with E-state index in [1.54, 1.807) is 24.4 Å². The number of benzene rings is 1. The largest absolute Gasteiger partial charge is 0.370 e. The molecule has 2 saturated heterocycles. The maximum Gasteiger partial charge on any atom is 0.253 e. The first kappa shape index (κ1) is 24.1. The summed E-state index contributed by atoms with van der Waals surface area (Å²) >= 11 is 5.93. The molecule has 2 fully saturated rings. The molecular formula is C26H31ClN2O3. The van der Waals surface area contributed by atoms with Crippen LogP contribution in [-0.4, -0.2) is 48.6 Å². The van der Waals surface area contributed by atoms with Crippen LogP contribution in [0.5, 0.6) is 0 Å². The molecule has 0 aromatic heterocycles. The molecule has 1 aromatic rings. The maximum atomic E-state index is 13.1. The minimum atomic E-state index is -0.189. The van der Waals surface area contributed by atoms with Crippen LogP contribution >= 0.6 is 11.6 Å². The molecule has 32 heavy (non-hydrogen) atoms. The van der Waals surface area contributed by atoms with Crippen molar-refractivity contribution in [3.8, 4) is 0 Å². The number of hydrogen-bond acceptors (Lipinski definition) is 4. The number of halogens is 1. The molecule has 1 amide bonds. The summed E-state index contributed by atoms with van der Waals surface area (Å²) in [7, 11) is 0. The van der Waals surface area contributed by atoms with E-state index in [1.807, 2.05) is 29.2 Å². The van der Waals surface area contributed by atoms with Crippen molar-refractivity contribution in [1.29, 1.82) is 0 Å². The second-order valence-electron chi connectivity index (χ2n) is 8.23. The van der Waals surface area contributed by atoms with Gasteiger partial charge in [0.1, 0.15) is 6.10 Å². The second-order valence-corrected chi connectivity index (χ2v) is 8.45. The Morgan fingerprint density at radius 2 is 1.84 bits per heavy atom. The predicted octanol–water partition coefficient (Wildman–Crippen LogP) is 5.42. The first-order chi connectivity index (χ1) is 15.6. The molecule has 0 radical (unpaired) electrons. The first-order valence-corrected chi connectivity index (χ1v) is 11.7. The van der Waals surface area contributed by atoms with Crippen molar-refractivity contribution in [3.05, 3.63) is 65.7 Å². The van der Waals surface area contributed by atoms with Crippen molar-refractivity contribution >= 4 is 35.2 Å². The van der Waals surface area contributed by atoms with E-state index in [1.165, 1.54) is 5.54 Å². The van der Waals surface area contributed by atoms with Crippen LogP contribution in [0.25, 0.3) is 5.70 Å². The van der Waals surface area contributed by atoms with E-state index < -0.39 is 0 Å². The molecule has 2 aliphatic rings. The van der Waals surface area contributed by atoms with Crippen LogP contribution in [0.15, 0.2) is 59.6 Å². The number of Topliss-reactive ketones (excluding diaryl/α,β-unsaturated/α-hetero) is 1. The van der Waals surface area contributed by atoms with E-state index in [0.29, 0.717) is 36.8 Å². The Bertz CT molecular complexity index is 885. The van der Waals surface area contributed by atoms with E-state index in [2.05, 4.69) is 11.6 Å². The minimum absolute atomic E-state index is 0.0275. The molecule has 2 atom stereocenters. The number of carbonyl (C=O) groups excluding carboxylic acids is 2. The molecule has 0 N–H and O–H groups in total. The number of carbonyl (C=O) groups is 2. The van der Waals surface area contributed by atoms with Gasteiger partial charge in [0.05, 0.1) is 12.3 Å². The number of hydrogen-bond donors (Lipinski definition) is 0. The van der Waals surface area contributed by atoms with Gasteiger partial charge in [-0.05, 0) is 43.4 Å². The lowest BCUT2D eigenvalue weighted by Crippen LogP contribution is -2.38. The third kappa shape index (κ3) is 6.75. The van der Waals surface area contributed by atoms with E-state index in [0.717, 1.165) is 44.2 Å². The van der Waals surface area contributed by atoms with Crippen molar-refractivity contribution in [2.75, 3.05) is 19.7 Å². The molecule has 170 valence electrons. The molecule has 3 rings (SSSR count). The highest BCUT2D eigenvalue weighted by molar-refractivity contribution is 6.28. The Morgan fingerprint density at radius 3 is 2.50 bits per heavy atom. The van der Waals surface area contributed by atoms with E-state index in [4.69, 9.17) is 16.3 Å². The highest BCUT2D eigenvalue weighted by Crippen LogP contribution is 2.25. The van der Waals surface area contributed by atoms with Crippen LogP contribution in [0.3, 0.4) is 0 Å². The summed E-state index contributed by atoms with van der Waals surface area (Å²) in [4.78, 5) is 31.7. The number of aliphatic imine (C=N–C) groups is 1. The maximum absolute atomic E-state index is 13.1. The van der Waals surface area contributed by atoms with Crippen molar-refractivity contribution < 1.29 is 14.3 Å². The highest BCUT2D eigenvalue weighted by atomic mass is 35.5. The number of amides is 1. The van der Waals surface area contributed by atoms with Crippen LogP contribution in [0, 0.1) is 5.92 Å². The van der Waals surface area contributed by atoms with Gasteiger partial charge in [0.2, 0.25) is 0 Å². The number of likely N-dealkylation sites (tertiary alicyclic amines) is 1. The van der Waals surface area contributed by atoms with E-state index in [-0.39, 0.29) is 17.8 Å². The van der Waals surface area contributed by atoms with E-state index >= 15 is 0 Å². The third-order valence-corrected chi connectivity index (χ3v) is 6.22. The summed E-state index contributed by atoms with van der Waals surface area (Å²) in [6.07, 6.45) is 12.0. The van der Waals surface area contributed by atoms with Gasteiger partial charge in [-0.15, -0.1) is 0 Å². The quantitative estimate of drug-likeness (QED) is 0.389. The summed E-state index contributed by atoms with van der Waals surface area (Å²) in [5.41, 5.74) is 3.52. The molecular weight excluding hydrogens is 424 g/mol. The number of nitrogens with zero attached hydrogens (tertiary/aromatic N) is 2. The van der Waals surface area contributed by atoms with Crippen LogP contribution in [0.4, 0.5) is 0 Å². The van der Waals surface area contributed by atoms with Crippen molar-refractivity contribution in [2.45, 2.75) is 44.6 Å². The summed E-state index contributed by atoms with van der Waals surface area (Å²) in [5, 5.41) is 0. The first-order valence-electron chi connectivity index (χ1n) is 11.3. The van der Waals surface area contributed by atoms with Gasteiger partial charge in [-0.1, -0.05) is 48.9 Å². The summed E-state index contributed by atoms with van der Waals surface area (Å²) in [6.45, 7) is 5.74. The highest BCUT2D eigenvalue weighted by Gasteiger charge is 2.29. The average molecular weight is 455 g/mol. The van der Waals surface area contributed by atoms with Crippen molar-refractivity contribution in [2.24, 2.45) is 10.9 Å².